The van der Waals surface area contributed by atoms with Crippen LogP contribution in [-0.2, 0) is 6.61 Å². The molecule has 0 fully saturated rings. The molecule has 2 nitrogen and oxygen atoms in total. The fourth-order valence-electron chi connectivity index (χ4n) is 0.890. The molecule has 0 spiro atoms. The maximum absolute atomic E-state index is 9.11. The molecule has 0 aromatic heterocycles. The van der Waals surface area contributed by atoms with Crippen LogP contribution in [0.25, 0.3) is 0 Å². The zero-order valence-electron chi connectivity index (χ0n) is 4.72. The Kier molecular flexibility index (Phi) is 0.730. The van der Waals surface area contributed by atoms with Crippen LogP contribution in [0, 0.1) is 6.07 Å². The SMILES string of the molecule is Oc1c2[c]ccc1OC2. The van der Waals surface area contributed by atoms with Crippen molar-refractivity contribution in [2.24, 2.45) is 0 Å². The van der Waals surface area contributed by atoms with Crippen molar-refractivity contribution >= 4 is 0 Å². The number of benzene rings is 1. The van der Waals surface area contributed by atoms with Gasteiger partial charge in [-0.2, -0.15) is 0 Å². The Balaban J connectivity index is 2.71. The summed E-state index contributed by atoms with van der Waals surface area (Å²) in [5, 5.41) is 9.11. The highest BCUT2D eigenvalue weighted by atomic mass is 16.5. The molecule has 1 heterocycles. The van der Waals surface area contributed by atoms with Crippen LogP contribution in [0.15, 0.2) is 12.1 Å². The van der Waals surface area contributed by atoms with E-state index in [1.807, 2.05) is 0 Å². The van der Waals surface area contributed by atoms with Crippen LogP contribution < -0.4 is 4.74 Å². The first-order chi connectivity index (χ1) is 4.38. The summed E-state index contributed by atoms with van der Waals surface area (Å²) in [5.74, 6) is 0.821. The Morgan fingerprint density at radius 1 is 1.67 bits per heavy atom. The van der Waals surface area contributed by atoms with Gasteiger partial charge in [-0.1, -0.05) is 0 Å². The first-order valence-corrected chi connectivity index (χ1v) is 2.73. The average molecular weight is 121 g/mol. The molecule has 0 saturated carbocycles. The van der Waals surface area contributed by atoms with Gasteiger partial charge in [-0.3, -0.25) is 0 Å². The number of phenolic OH excluding ortho intramolecular Hbond substituents is 1. The molecular formula is C7H5O2. The first kappa shape index (κ1) is 4.68. The molecular weight excluding hydrogens is 116 g/mol. The maximum Gasteiger partial charge on any atom is 0.165 e. The van der Waals surface area contributed by atoms with Crippen molar-refractivity contribution < 1.29 is 9.84 Å². The maximum atomic E-state index is 9.11. The molecule has 1 aromatic rings. The minimum atomic E-state index is 0.248. The standard InChI is InChI=1S/C7H5O2/c8-7-5-2-1-3-6(7)9-4-5/h1,3,8H,4H2. The predicted molar refractivity (Wildman–Crippen MR) is 31.3 cm³/mol. The van der Waals surface area contributed by atoms with Crippen LogP contribution in [0.1, 0.15) is 5.56 Å². The minimum Gasteiger partial charge on any atom is -0.504 e. The number of hydrogen-bond acceptors (Lipinski definition) is 2. The van der Waals surface area contributed by atoms with Crippen LogP contribution in [0.2, 0.25) is 0 Å². The van der Waals surface area contributed by atoms with Crippen LogP contribution in [0.3, 0.4) is 0 Å². The van der Waals surface area contributed by atoms with Crippen molar-refractivity contribution in [1.29, 1.82) is 0 Å². The normalized spacial score (nSPS) is 13.3. The second kappa shape index (κ2) is 1.41. The van der Waals surface area contributed by atoms with Crippen LogP contribution >= 0.6 is 0 Å². The van der Waals surface area contributed by atoms with Gasteiger partial charge >= 0.3 is 0 Å². The summed E-state index contributed by atoms with van der Waals surface area (Å²) >= 11 is 0. The zero-order valence-corrected chi connectivity index (χ0v) is 4.72. The largest absolute Gasteiger partial charge is 0.504 e. The van der Waals surface area contributed by atoms with Gasteiger partial charge < -0.3 is 9.84 Å². The van der Waals surface area contributed by atoms with Crippen molar-refractivity contribution in [2.75, 3.05) is 0 Å². The van der Waals surface area contributed by atoms with E-state index >= 15 is 0 Å². The van der Waals surface area contributed by atoms with Crippen molar-refractivity contribution in [1.82, 2.24) is 0 Å². The van der Waals surface area contributed by atoms with Crippen molar-refractivity contribution in [3.05, 3.63) is 23.8 Å². The molecule has 0 atom stereocenters. The van der Waals surface area contributed by atoms with E-state index in [0.717, 1.165) is 5.56 Å². The highest BCUT2D eigenvalue weighted by molar-refractivity contribution is 5.47. The first-order valence-electron chi connectivity index (χ1n) is 2.73. The number of fused-ring (bicyclic) bond motifs is 2. The van der Waals surface area contributed by atoms with E-state index < -0.39 is 0 Å². The minimum absolute atomic E-state index is 0.248. The Labute approximate surface area is 52.7 Å². The van der Waals surface area contributed by atoms with Crippen molar-refractivity contribution in [2.45, 2.75) is 6.61 Å². The average Bonchev–Trinajstić information content (AvgIpc) is 2.19. The van der Waals surface area contributed by atoms with Gasteiger partial charge in [-0.15, -0.1) is 0 Å². The summed E-state index contributed by atoms with van der Waals surface area (Å²) in [6.07, 6.45) is 0. The van der Waals surface area contributed by atoms with E-state index in [1.54, 1.807) is 12.1 Å². The number of aromatic hydroxyl groups is 1. The van der Waals surface area contributed by atoms with Gasteiger partial charge in [0.25, 0.3) is 0 Å². The van der Waals surface area contributed by atoms with E-state index in [4.69, 9.17) is 9.84 Å². The van der Waals surface area contributed by atoms with Crippen LogP contribution in [-0.4, -0.2) is 5.11 Å². The Morgan fingerprint density at radius 2 is 2.56 bits per heavy atom. The summed E-state index contributed by atoms with van der Waals surface area (Å²) < 4.78 is 5.03. The molecule has 0 aliphatic carbocycles. The highest BCUT2D eigenvalue weighted by Crippen LogP contribution is 2.35. The molecule has 2 rings (SSSR count). The summed E-state index contributed by atoms with van der Waals surface area (Å²) in [6.45, 7) is 0.466. The number of hydrogen-bond donors (Lipinski definition) is 1. The van der Waals surface area contributed by atoms with Gasteiger partial charge in [0.1, 0.15) is 6.61 Å². The molecule has 2 bridgehead atoms. The molecule has 1 aliphatic heterocycles. The third kappa shape index (κ3) is 0.499. The number of rotatable bonds is 0. The molecule has 2 heteroatoms. The summed E-state index contributed by atoms with van der Waals surface area (Å²) in [5.41, 5.74) is 0.757. The fraction of sp³-hybridized carbons (Fsp3) is 0.143. The second-order valence-electron chi connectivity index (χ2n) is 1.96. The number of ether oxygens (including phenoxy) is 1. The molecule has 9 heavy (non-hydrogen) atoms. The van der Waals surface area contributed by atoms with Gasteiger partial charge in [0.2, 0.25) is 0 Å². The third-order valence-corrected chi connectivity index (χ3v) is 1.38. The Hall–Kier alpha value is -1.18. The summed E-state index contributed by atoms with van der Waals surface area (Å²) in [6, 6.07) is 6.31. The lowest BCUT2D eigenvalue weighted by Crippen LogP contribution is -1.81. The lowest BCUT2D eigenvalue weighted by atomic mass is 10.2. The van der Waals surface area contributed by atoms with Crippen LogP contribution in [0.5, 0.6) is 11.5 Å². The topological polar surface area (TPSA) is 29.5 Å². The second-order valence-corrected chi connectivity index (χ2v) is 1.96. The fourth-order valence-corrected chi connectivity index (χ4v) is 0.890. The molecule has 1 N–H and O–H groups in total. The van der Waals surface area contributed by atoms with Gasteiger partial charge in [-0.25, -0.2) is 0 Å². The molecule has 1 radical (unpaired) electrons. The Bertz CT molecular complexity index is 220. The monoisotopic (exact) mass is 121 g/mol. The molecule has 0 saturated heterocycles. The van der Waals surface area contributed by atoms with Crippen LogP contribution in [0.4, 0.5) is 0 Å². The molecule has 0 unspecified atom stereocenters. The molecule has 1 aliphatic rings. The van der Waals surface area contributed by atoms with Gasteiger partial charge in [0.05, 0.1) is 0 Å². The van der Waals surface area contributed by atoms with E-state index in [1.165, 1.54) is 0 Å². The van der Waals surface area contributed by atoms with E-state index in [2.05, 4.69) is 6.07 Å². The lowest BCUT2D eigenvalue weighted by molar-refractivity contribution is 0.324. The lowest BCUT2D eigenvalue weighted by Gasteiger charge is -1.90. The highest BCUT2D eigenvalue weighted by Gasteiger charge is 2.14. The van der Waals surface area contributed by atoms with E-state index in [0.29, 0.717) is 12.4 Å². The molecule has 1 aromatic carbocycles. The zero-order chi connectivity index (χ0) is 6.27. The van der Waals surface area contributed by atoms with Crippen molar-refractivity contribution in [3.63, 3.8) is 0 Å². The molecule has 45 valence electrons. The summed E-state index contributed by atoms with van der Waals surface area (Å²) in [7, 11) is 0. The Morgan fingerprint density at radius 3 is 3.22 bits per heavy atom. The number of phenols is 1. The van der Waals surface area contributed by atoms with E-state index in [9.17, 15) is 0 Å². The summed E-state index contributed by atoms with van der Waals surface area (Å²) in [4.78, 5) is 0. The van der Waals surface area contributed by atoms with Gasteiger partial charge in [-0.05, 0) is 18.2 Å². The van der Waals surface area contributed by atoms with Crippen molar-refractivity contribution in [3.8, 4) is 11.5 Å². The predicted octanol–water partition coefficient (Wildman–Crippen LogP) is 1.08. The van der Waals surface area contributed by atoms with E-state index in [-0.39, 0.29) is 5.75 Å². The quantitative estimate of drug-likeness (QED) is 0.556. The van der Waals surface area contributed by atoms with Gasteiger partial charge in [0.15, 0.2) is 11.5 Å². The smallest absolute Gasteiger partial charge is 0.165 e. The van der Waals surface area contributed by atoms with Gasteiger partial charge in [0, 0.05) is 5.56 Å². The third-order valence-electron chi connectivity index (χ3n) is 1.38. The molecule has 0 amide bonds.